The molecule has 0 atom stereocenters. The Morgan fingerprint density at radius 3 is 2.69 bits per heavy atom. The second-order valence-corrected chi connectivity index (χ2v) is 9.07. The van der Waals surface area contributed by atoms with Crippen LogP contribution in [0.1, 0.15) is 30.7 Å². The van der Waals surface area contributed by atoms with E-state index in [0.717, 1.165) is 47.3 Å². The standard InChI is InChI=1S/C24H25N5O2S/c30-22(17-29-24(31)27-15-8-2-5-13-21(27)26-29)28(16-14-18-9-3-1-4-10-18)23-25-19-11-6-7-12-20(19)32-23/h1,3-4,6-7,9-12H,2,5,8,13-17H2. The summed E-state index contributed by atoms with van der Waals surface area (Å²) in [6.07, 6.45) is 4.59. The Kier molecular flexibility index (Phi) is 5.85. The van der Waals surface area contributed by atoms with Crippen LogP contribution in [0.4, 0.5) is 5.13 Å². The number of amides is 1. The van der Waals surface area contributed by atoms with Crippen molar-refractivity contribution >= 4 is 32.6 Å². The van der Waals surface area contributed by atoms with Gasteiger partial charge in [0.1, 0.15) is 12.4 Å². The Morgan fingerprint density at radius 1 is 1.03 bits per heavy atom. The lowest BCUT2D eigenvalue weighted by atomic mass is 10.1. The van der Waals surface area contributed by atoms with Gasteiger partial charge in [-0.05, 0) is 37.0 Å². The van der Waals surface area contributed by atoms with E-state index in [0.29, 0.717) is 24.6 Å². The van der Waals surface area contributed by atoms with Gasteiger partial charge >= 0.3 is 5.69 Å². The molecule has 1 aliphatic heterocycles. The van der Waals surface area contributed by atoms with Gasteiger partial charge in [0, 0.05) is 19.5 Å². The summed E-state index contributed by atoms with van der Waals surface area (Å²) in [6.45, 7) is 1.09. The average Bonchev–Trinajstić information content (AvgIpc) is 3.26. The molecule has 2 aromatic carbocycles. The van der Waals surface area contributed by atoms with Crippen LogP contribution >= 0.6 is 11.3 Å². The van der Waals surface area contributed by atoms with E-state index in [1.807, 2.05) is 42.5 Å². The normalized spacial score (nSPS) is 13.6. The van der Waals surface area contributed by atoms with Crippen LogP contribution in [0.15, 0.2) is 59.4 Å². The minimum Gasteiger partial charge on any atom is -0.286 e. The molecule has 0 aliphatic carbocycles. The number of aryl methyl sites for hydroxylation is 1. The largest absolute Gasteiger partial charge is 0.346 e. The highest BCUT2D eigenvalue weighted by Gasteiger charge is 2.23. The van der Waals surface area contributed by atoms with Crippen LogP contribution in [0.25, 0.3) is 10.2 Å². The van der Waals surface area contributed by atoms with Crippen LogP contribution in [-0.2, 0) is 30.7 Å². The third kappa shape index (κ3) is 4.23. The van der Waals surface area contributed by atoms with Gasteiger partial charge in [-0.25, -0.2) is 14.5 Å². The maximum Gasteiger partial charge on any atom is 0.346 e. The van der Waals surface area contributed by atoms with Gasteiger partial charge in [-0.2, -0.15) is 5.10 Å². The molecule has 0 bridgehead atoms. The first kappa shape index (κ1) is 20.6. The number of hydrogen-bond donors (Lipinski definition) is 0. The summed E-state index contributed by atoms with van der Waals surface area (Å²) < 4.78 is 4.09. The first-order chi connectivity index (χ1) is 15.7. The number of benzene rings is 2. The predicted molar refractivity (Wildman–Crippen MR) is 126 cm³/mol. The molecule has 3 heterocycles. The summed E-state index contributed by atoms with van der Waals surface area (Å²) in [7, 11) is 0. The molecule has 0 spiro atoms. The van der Waals surface area contributed by atoms with Crippen molar-refractivity contribution < 1.29 is 4.79 Å². The number of thiazole rings is 1. The first-order valence-corrected chi connectivity index (χ1v) is 11.9. The lowest BCUT2D eigenvalue weighted by Gasteiger charge is -2.19. The van der Waals surface area contributed by atoms with Gasteiger partial charge in [0.2, 0.25) is 0 Å². The zero-order valence-corrected chi connectivity index (χ0v) is 18.6. The topological polar surface area (TPSA) is 73.0 Å². The van der Waals surface area contributed by atoms with E-state index in [-0.39, 0.29) is 18.1 Å². The number of carbonyl (C=O) groups excluding carboxylic acids is 1. The molecule has 0 saturated heterocycles. The van der Waals surface area contributed by atoms with Crippen molar-refractivity contribution in [3.05, 3.63) is 76.5 Å². The highest BCUT2D eigenvalue weighted by atomic mass is 32.1. The van der Waals surface area contributed by atoms with Gasteiger partial charge in [0.25, 0.3) is 5.91 Å². The van der Waals surface area contributed by atoms with Crippen LogP contribution in [0.3, 0.4) is 0 Å². The van der Waals surface area contributed by atoms with Gasteiger partial charge in [0.05, 0.1) is 10.2 Å². The summed E-state index contributed by atoms with van der Waals surface area (Å²) in [5.41, 5.74) is 1.83. The highest BCUT2D eigenvalue weighted by molar-refractivity contribution is 7.22. The van der Waals surface area contributed by atoms with Crippen molar-refractivity contribution in [1.82, 2.24) is 19.3 Å². The molecule has 0 radical (unpaired) electrons. The fourth-order valence-electron chi connectivity index (χ4n) is 4.13. The van der Waals surface area contributed by atoms with E-state index < -0.39 is 0 Å². The Morgan fingerprint density at radius 2 is 1.84 bits per heavy atom. The zero-order chi connectivity index (χ0) is 21.9. The van der Waals surface area contributed by atoms with Crippen LogP contribution in [0.2, 0.25) is 0 Å². The molecule has 8 heteroatoms. The molecule has 7 nitrogen and oxygen atoms in total. The summed E-state index contributed by atoms with van der Waals surface area (Å²) in [5, 5.41) is 5.14. The second-order valence-electron chi connectivity index (χ2n) is 8.06. The first-order valence-electron chi connectivity index (χ1n) is 11.1. The number of hydrogen-bond acceptors (Lipinski definition) is 5. The van der Waals surface area contributed by atoms with Gasteiger partial charge in [-0.1, -0.05) is 60.2 Å². The molecule has 0 saturated carbocycles. The predicted octanol–water partition coefficient (Wildman–Crippen LogP) is 3.66. The Labute approximate surface area is 189 Å². The third-order valence-electron chi connectivity index (χ3n) is 5.85. The lowest BCUT2D eigenvalue weighted by molar-refractivity contribution is -0.119. The molecule has 1 amide bonds. The minimum absolute atomic E-state index is 0.0798. The number of para-hydroxylation sites is 1. The van der Waals surface area contributed by atoms with E-state index >= 15 is 0 Å². The maximum atomic E-state index is 13.4. The molecular weight excluding hydrogens is 422 g/mol. The van der Waals surface area contributed by atoms with Crippen molar-refractivity contribution in [2.45, 2.75) is 45.2 Å². The van der Waals surface area contributed by atoms with Crippen LogP contribution < -0.4 is 10.6 Å². The third-order valence-corrected chi connectivity index (χ3v) is 6.91. The molecule has 5 rings (SSSR count). The summed E-state index contributed by atoms with van der Waals surface area (Å²) in [6, 6.07) is 18.0. The smallest absolute Gasteiger partial charge is 0.286 e. The van der Waals surface area contributed by atoms with E-state index in [1.54, 1.807) is 9.47 Å². The van der Waals surface area contributed by atoms with Crippen molar-refractivity contribution in [1.29, 1.82) is 0 Å². The Balaban J connectivity index is 1.43. The molecule has 32 heavy (non-hydrogen) atoms. The fraction of sp³-hybridized carbons (Fsp3) is 0.333. The summed E-state index contributed by atoms with van der Waals surface area (Å²) >= 11 is 1.49. The molecule has 0 unspecified atom stereocenters. The highest BCUT2D eigenvalue weighted by Crippen LogP contribution is 2.29. The number of carbonyl (C=O) groups is 1. The SMILES string of the molecule is O=C(Cn1nc2n(c1=O)CCCCC2)N(CCc1ccccc1)c1nc2ccccc2s1. The van der Waals surface area contributed by atoms with Crippen molar-refractivity contribution in [3.8, 4) is 0 Å². The monoisotopic (exact) mass is 447 g/mol. The van der Waals surface area contributed by atoms with Crippen LogP contribution in [0.5, 0.6) is 0 Å². The zero-order valence-electron chi connectivity index (χ0n) is 17.8. The molecule has 0 fully saturated rings. The van der Waals surface area contributed by atoms with Crippen LogP contribution in [-0.4, -0.2) is 31.8 Å². The summed E-state index contributed by atoms with van der Waals surface area (Å²) in [4.78, 5) is 32.7. The molecule has 2 aromatic heterocycles. The van der Waals surface area contributed by atoms with Crippen molar-refractivity contribution in [3.63, 3.8) is 0 Å². The quantitative estimate of drug-likeness (QED) is 0.452. The lowest BCUT2D eigenvalue weighted by Crippen LogP contribution is -2.38. The Hall–Kier alpha value is -3.26. The molecule has 164 valence electrons. The molecule has 0 N–H and O–H groups in total. The van der Waals surface area contributed by atoms with Gasteiger partial charge in [-0.15, -0.1) is 0 Å². The number of nitrogens with zero attached hydrogens (tertiary/aromatic N) is 5. The van der Waals surface area contributed by atoms with Crippen molar-refractivity contribution in [2.75, 3.05) is 11.4 Å². The van der Waals surface area contributed by atoms with Crippen molar-refractivity contribution in [2.24, 2.45) is 0 Å². The van der Waals surface area contributed by atoms with E-state index in [2.05, 4.69) is 17.2 Å². The number of anilines is 1. The second kappa shape index (κ2) is 9.08. The minimum atomic E-state index is -0.192. The molecular formula is C24H25N5O2S. The van der Waals surface area contributed by atoms with E-state index in [1.165, 1.54) is 16.0 Å². The molecule has 4 aromatic rings. The van der Waals surface area contributed by atoms with Gasteiger partial charge in [0.15, 0.2) is 5.13 Å². The average molecular weight is 448 g/mol. The van der Waals surface area contributed by atoms with E-state index in [9.17, 15) is 9.59 Å². The van der Waals surface area contributed by atoms with E-state index in [4.69, 9.17) is 4.98 Å². The number of aromatic nitrogens is 4. The van der Waals surface area contributed by atoms with Gasteiger partial charge in [-0.3, -0.25) is 14.3 Å². The molecule has 1 aliphatic rings. The summed E-state index contributed by atoms with van der Waals surface area (Å²) in [5.74, 6) is 0.617. The van der Waals surface area contributed by atoms with Crippen LogP contribution in [0, 0.1) is 0 Å². The Bertz CT molecular complexity index is 1260. The number of fused-ring (bicyclic) bond motifs is 2. The van der Waals surface area contributed by atoms with Gasteiger partial charge < -0.3 is 0 Å². The fourth-order valence-corrected chi connectivity index (χ4v) is 5.14. The maximum absolute atomic E-state index is 13.4. The number of rotatable bonds is 6.